The van der Waals surface area contributed by atoms with Crippen molar-refractivity contribution in [1.29, 1.82) is 0 Å². The first-order valence-corrected chi connectivity index (χ1v) is 10.0. The second-order valence-electron chi connectivity index (χ2n) is 7.33. The van der Waals surface area contributed by atoms with Crippen LogP contribution in [-0.4, -0.2) is 51.6 Å². The lowest BCUT2D eigenvalue weighted by Gasteiger charge is -2.32. The van der Waals surface area contributed by atoms with E-state index in [-0.39, 0.29) is 12.0 Å². The summed E-state index contributed by atoms with van der Waals surface area (Å²) in [6, 6.07) is 14.5. The van der Waals surface area contributed by atoms with E-state index in [4.69, 9.17) is 4.74 Å². The fourth-order valence-electron chi connectivity index (χ4n) is 3.78. The summed E-state index contributed by atoms with van der Waals surface area (Å²) in [5, 5.41) is 10.7. The molecule has 6 nitrogen and oxygen atoms in total. The fourth-order valence-corrected chi connectivity index (χ4v) is 3.78. The van der Waals surface area contributed by atoms with Crippen LogP contribution >= 0.6 is 0 Å². The summed E-state index contributed by atoms with van der Waals surface area (Å²) in [6.07, 6.45) is 4.85. The summed E-state index contributed by atoms with van der Waals surface area (Å²) < 4.78 is 7.58. The van der Waals surface area contributed by atoms with E-state index in [2.05, 4.69) is 41.5 Å². The van der Waals surface area contributed by atoms with Crippen LogP contribution in [0.1, 0.15) is 42.2 Å². The first kappa shape index (κ1) is 18.6. The number of piperidine rings is 1. The highest BCUT2D eigenvalue weighted by Gasteiger charge is 2.26. The summed E-state index contributed by atoms with van der Waals surface area (Å²) in [6.45, 7) is 4.81. The van der Waals surface area contributed by atoms with Gasteiger partial charge in [0.25, 0.3) is 5.91 Å². The maximum absolute atomic E-state index is 12.9. The van der Waals surface area contributed by atoms with Crippen LogP contribution in [0.2, 0.25) is 0 Å². The molecule has 1 fully saturated rings. The topological polar surface area (TPSA) is 60.2 Å². The SMILES string of the molecule is CCCO[C@@H]1CCCN(C(=O)c2cn(Cc3cccc4ccccc34)nn2)C1. The van der Waals surface area contributed by atoms with Crippen molar-refractivity contribution < 1.29 is 9.53 Å². The Morgan fingerprint density at radius 2 is 2.07 bits per heavy atom. The number of benzene rings is 2. The van der Waals surface area contributed by atoms with Crippen LogP contribution in [0.4, 0.5) is 0 Å². The number of aromatic nitrogens is 3. The molecule has 4 rings (SSSR count). The summed E-state index contributed by atoms with van der Waals surface area (Å²) in [4.78, 5) is 14.7. The average Bonchev–Trinajstić information content (AvgIpc) is 3.21. The van der Waals surface area contributed by atoms with Crippen molar-refractivity contribution >= 4 is 16.7 Å². The molecule has 0 saturated carbocycles. The molecule has 1 atom stereocenters. The van der Waals surface area contributed by atoms with Crippen molar-refractivity contribution in [3.63, 3.8) is 0 Å². The highest BCUT2D eigenvalue weighted by molar-refractivity contribution is 5.92. The third-order valence-corrected chi connectivity index (χ3v) is 5.19. The second kappa shape index (κ2) is 8.52. The van der Waals surface area contributed by atoms with E-state index in [1.807, 2.05) is 23.1 Å². The smallest absolute Gasteiger partial charge is 0.276 e. The Morgan fingerprint density at radius 3 is 2.96 bits per heavy atom. The zero-order chi connectivity index (χ0) is 19.3. The Balaban J connectivity index is 1.46. The van der Waals surface area contributed by atoms with Crippen LogP contribution in [0.15, 0.2) is 48.7 Å². The standard InChI is InChI=1S/C22H26N4O2/c1-2-13-28-19-10-6-12-25(15-19)22(27)21-16-26(24-23-21)14-18-9-5-8-17-7-3-4-11-20(17)18/h3-5,7-9,11,16,19H,2,6,10,12-15H2,1H3/t19-/m1/s1. The van der Waals surface area contributed by atoms with Gasteiger partial charge < -0.3 is 9.64 Å². The Hall–Kier alpha value is -2.73. The summed E-state index contributed by atoms with van der Waals surface area (Å²) >= 11 is 0. The van der Waals surface area contributed by atoms with Crippen molar-refractivity contribution in [3.05, 3.63) is 59.9 Å². The van der Waals surface area contributed by atoms with Crippen molar-refractivity contribution in [2.24, 2.45) is 0 Å². The van der Waals surface area contributed by atoms with Crippen LogP contribution in [-0.2, 0) is 11.3 Å². The van der Waals surface area contributed by atoms with Gasteiger partial charge in [-0.1, -0.05) is 54.6 Å². The number of hydrogen-bond donors (Lipinski definition) is 0. The predicted molar refractivity (Wildman–Crippen MR) is 108 cm³/mol. The third-order valence-electron chi connectivity index (χ3n) is 5.19. The van der Waals surface area contributed by atoms with E-state index in [1.54, 1.807) is 10.9 Å². The van der Waals surface area contributed by atoms with E-state index in [1.165, 1.54) is 10.8 Å². The number of amides is 1. The molecule has 2 heterocycles. The van der Waals surface area contributed by atoms with Crippen LogP contribution in [0.5, 0.6) is 0 Å². The first-order valence-electron chi connectivity index (χ1n) is 10.0. The van der Waals surface area contributed by atoms with Crippen LogP contribution < -0.4 is 0 Å². The zero-order valence-electron chi connectivity index (χ0n) is 16.3. The molecule has 1 amide bonds. The van der Waals surface area contributed by atoms with Crippen molar-refractivity contribution in [3.8, 4) is 0 Å². The Kier molecular flexibility index (Phi) is 5.67. The van der Waals surface area contributed by atoms with Gasteiger partial charge in [-0.15, -0.1) is 5.10 Å². The van der Waals surface area contributed by atoms with Gasteiger partial charge in [0.2, 0.25) is 0 Å². The normalized spacial score (nSPS) is 17.2. The number of carbonyl (C=O) groups excluding carboxylic acids is 1. The number of rotatable bonds is 6. The third kappa shape index (κ3) is 4.07. The molecular formula is C22H26N4O2. The van der Waals surface area contributed by atoms with Crippen molar-refractivity contribution in [1.82, 2.24) is 19.9 Å². The maximum atomic E-state index is 12.9. The summed E-state index contributed by atoms with van der Waals surface area (Å²) in [7, 11) is 0. The van der Waals surface area contributed by atoms with E-state index in [0.29, 0.717) is 18.8 Å². The van der Waals surface area contributed by atoms with Crippen LogP contribution in [0, 0.1) is 0 Å². The number of ether oxygens (including phenoxy) is 1. The molecule has 1 aromatic heterocycles. The number of nitrogens with zero attached hydrogens (tertiary/aromatic N) is 4. The molecule has 6 heteroatoms. The fraction of sp³-hybridized carbons (Fsp3) is 0.409. The lowest BCUT2D eigenvalue weighted by molar-refractivity contribution is 0.00192. The lowest BCUT2D eigenvalue weighted by Crippen LogP contribution is -2.43. The number of likely N-dealkylation sites (tertiary alicyclic amines) is 1. The lowest BCUT2D eigenvalue weighted by atomic mass is 10.0. The van der Waals surface area contributed by atoms with Gasteiger partial charge in [0, 0.05) is 19.7 Å². The minimum Gasteiger partial charge on any atom is -0.376 e. The van der Waals surface area contributed by atoms with Crippen LogP contribution in [0.3, 0.4) is 0 Å². The molecule has 2 aromatic carbocycles. The Labute approximate surface area is 165 Å². The maximum Gasteiger partial charge on any atom is 0.276 e. The second-order valence-corrected chi connectivity index (χ2v) is 7.33. The molecule has 28 heavy (non-hydrogen) atoms. The molecule has 0 spiro atoms. The van der Waals surface area contributed by atoms with Gasteiger partial charge in [-0.3, -0.25) is 4.79 Å². The quantitative estimate of drug-likeness (QED) is 0.659. The highest BCUT2D eigenvalue weighted by atomic mass is 16.5. The molecule has 1 aliphatic heterocycles. The van der Waals surface area contributed by atoms with Gasteiger partial charge in [-0.25, -0.2) is 4.68 Å². The number of hydrogen-bond acceptors (Lipinski definition) is 4. The van der Waals surface area contributed by atoms with Gasteiger partial charge in [-0.2, -0.15) is 0 Å². The van der Waals surface area contributed by atoms with Crippen molar-refractivity contribution in [2.45, 2.75) is 38.8 Å². The molecule has 1 aliphatic rings. The van der Waals surface area contributed by atoms with Gasteiger partial charge >= 0.3 is 0 Å². The molecule has 0 aliphatic carbocycles. The highest BCUT2D eigenvalue weighted by Crippen LogP contribution is 2.20. The molecule has 0 bridgehead atoms. The minimum absolute atomic E-state index is 0.0611. The van der Waals surface area contributed by atoms with E-state index >= 15 is 0 Å². The van der Waals surface area contributed by atoms with Crippen molar-refractivity contribution in [2.75, 3.05) is 19.7 Å². The first-order chi connectivity index (χ1) is 13.7. The minimum atomic E-state index is -0.0611. The molecule has 0 radical (unpaired) electrons. The van der Waals surface area contributed by atoms with E-state index < -0.39 is 0 Å². The van der Waals surface area contributed by atoms with Gasteiger partial charge in [0.05, 0.1) is 18.8 Å². The molecule has 3 aromatic rings. The molecular weight excluding hydrogens is 352 g/mol. The molecule has 1 saturated heterocycles. The monoisotopic (exact) mass is 378 g/mol. The van der Waals surface area contributed by atoms with Gasteiger partial charge in [0.1, 0.15) is 0 Å². The summed E-state index contributed by atoms with van der Waals surface area (Å²) in [5.41, 5.74) is 1.56. The number of fused-ring (bicyclic) bond motifs is 1. The number of carbonyl (C=O) groups is 1. The Morgan fingerprint density at radius 1 is 1.21 bits per heavy atom. The van der Waals surface area contributed by atoms with Gasteiger partial charge in [0.15, 0.2) is 5.69 Å². The summed E-state index contributed by atoms with van der Waals surface area (Å²) in [5.74, 6) is -0.0611. The molecule has 0 N–H and O–H groups in total. The Bertz CT molecular complexity index is 947. The molecule has 146 valence electrons. The van der Waals surface area contributed by atoms with E-state index in [0.717, 1.165) is 38.0 Å². The zero-order valence-corrected chi connectivity index (χ0v) is 16.3. The molecule has 0 unspecified atom stereocenters. The largest absolute Gasteiger partial charge is 0.376 e. The van der Waals surface area contributed by atoms with Crippen LogP contribution in [0.25, 0.3) is 10.8 Å². The average molecular weight is 378 g/mol. The predicted octanol–water partition coefficient (Wildman–Crippen LogP) is 3.51. The van der Waals surface area contributed by atoms with Gasteiger partial charge in [-0.05, 0) is 35.6 Å². The van der Waals surface area contributed by atoms with E-state index in [9.17, 15) is 4.79 Å².